The summed E-state index contributed by atoms with van der Waals surface area (Å²) < 4.78 is 11.1. The molecule has 0 atom stereocenters. The van der Waals surface area contributed by atoms with Crippen LogP contribution in [0.1, 0.15) is 11.1 Å². The Kier molecular flexibility index (Phi) is 6.91. The predicted molar refractivity (Wildman–Crippen MR) is 114 cm³/mol. The maximum Gasteiger partial charge on any atom is 0.323 e. The molecule has 0 aromatic heterocycles. The summed E-state index contributed by atoms with van der Waals surface area (Å²) >= 11 is 12.7. The van der Waals surface area contributed by atoms with Crippen molar-refractivity contribution in [2.75, 3.05) is 13.7 Å². The molecule has 1 saturated heterocycles. The van der Waals surface area contributed by atoms with Crippen LogP contribution in [0.15, 0.2) is 41.3 Å². The molecule has 7 nitrogen and oxygen atoms in total. The highest BCUT2D eigenvalue weighted by Crippen LogP contribution is 2.35. The monoisotopic (exact) mass is 467 g/mol. The molecule has 0 spiro atoms. The lowest BCUT2D eigenvalue weighted by Gasteiger charge is -2.12. The lowest BCUT2D eigenvalue weighted by Crippen LogP contribution is -2.33. The van der Waals surface area contributed by atoms with Crippen LogP contribution in [0.25, 0.3) is 6.08 Å². The van der Waals surface area contributed by atoms with Crippen LogP contribution >= 0.6 is 35.0 Å². The van der Waals surface area contributed by atoms with Crippen LogP contribution in [0.3, 0.4) is 0 Å². The molecule has 1 aliphatic rings. The highest BCUT2D eigenvalue weighted by Gasteiger charge is 2.36. The van der Waals surface area contributed by atoms with Gasteiger partial charge in [0.1, 0.15) is 13.2 Å². The van der Waals surface area contributed by atoms with E-state index >= 15 is 0 Å². The molecular formula is C20H15Cl2NO6S. The summed E-state index contributed by atoms with van der Waals surface area (Å²) in [7, 11) is 1.47. The smallest absolute Gasteiger partial charge is 0.323 e. The van der Waals surface area contributed by atoms with Crippen molar-refractivity contribution in [2.45, 2.75) is 6.61 Å². The topological polar surface area (TPSA) is 93.1 Å². The van der Waals surface area contributed by atoms with E-state index in [9.17, 15) is 14.4 Å². The quantitative estimate of drug-likeness (QED) is 0.589. The van der Waals surface area contributed by atoms with Gasteiger partial charge in [-0.3, -0.25) is 19.3 Å². The molecule has 0 radical (unpaired) electrons. The standard InChI is InChI=1S/C20H15Cl2NO6S/c1-28-16-6-11(7-17-19(26)23(9-18(24)25)20(27)30-17)2-5-15(16)29-10-12-3-4-13(21)8-14(12)22/h2-8H,9-10H2,1H3,(H,24,25)/b17-7-. The number of amides is 2. The number of rotatable bonds is 7. The van der Waals surface area contributed by atoms with E-state index in [1.54, 1.807) is 36.4 Å². The molecule has 0 unspecified atom stereocenters. The highest BCUT2D eigenvalue weighted by molar-refractivity contribution is 8.18. The molecule has 0 bridgehead atoms. The van der Waals surface area contributed by atoms with Crippen LogP contribution in [0.2, 0.25) is 10.0 Å². The van der Waals surface area contributed by atoms with Gasteiger partial charge in [-0.15, -0.1) is 0 Å². The Morgan fingerprint density at radius 3 is 2.60 bits per heavy atom. The molecule has 0 saturated carbocycles. The number of carbonyl (C=O) groups excluding carboxylic acids is 2. The van der Waals surface area contributed by atoms with Gasteiger partial charge in [0.05, 0.1) is 12.0 Å². The average Bonchev–Trinajstić information content (AvgIpc) is 2.95. The Bertz CT molecular complexity index is 1060. The molecule has 2 amide bonds. The second-order valence-corrected chi connectivity index (χ2v) is 7.93. The van der Waals surface area contributed by atoms with Crippen LogP contribution in [0.4, 0.5) is 4.79 Å². The van der Waals surface area contributed by atoms with Crippen LogP contribution in [-0.2, 0) is 16.2 Å². The van der Waals surface area contributed by atoms with Gasteiger partial charge in [-0.1, -0.05) is 35.3 Å². The van der Waals surface area contributed by atoms with Gasteiger partial charge in [0.25, 0.3) is 11.1 Å². The summed E-state index contributed by atoms with van der Waals surface area (Å²) in [6.07, 6.45) is 1.50. The Labute approximate surface area is 186 Å². The number of hydrogen-bond donors (Lipinski definition) is 1. The Hall–Kier alpha value is -2.68. The number of hydrogen-bond acceptors (Lipinski definition) is 6. The first-order chi connectivity index (χ1) is 14.3. The van der Waals surface area contributed by atoms with Gasteiger partial charge in [0.2, 0.25) is 0 Å². The molecule has 0 aliphatic carbocycles. The molecule has 30 heavy (non-hydrogen) atoms. The molecule has 1 aliphatic heterocycles. The third-order valence-electron chi connectivity index (χ3n) is 4.05. The third-order valence-corrected chi connectivity index (χ3v) is 5.55. The second kappa shape index (κ2) is 9.42. The summed E-state index contributed by atoms with van der Waals surface area (Å²) in [5.74, 6) is -1.04. The normalized spacial score (nSPS) is 15.0. The largest absolute Gasteiger partial charge is 0.493 e. The van der Waals surface area contributed by atoms with Crippen molar-refractivity contribution in [1.29, 1.82) is 0 Å². The average molecular weight is 468 g/mol. The van der Waals surface area contributed by atoms with Crippen LogP contribution in [0, 0.1) is 0 Å². The summed E-state index contributed by atoms with van der Waals surface area (Å²) in [6.45, 7) is -0.481. The number of benzene rings is 2. The van der Waals surface area contributed by atoms with Gasteiger partial charge in [-0.25, -0.2) is 0 Å². The van der Waals surface area contributed by atoms with Crippen molar-refractivity contribution >= 4 is 58.2 Å². The molecule has 1 N–H and O–H groups in total. The van der Waals surface area contributed by atoms with Crippen molar-refractivity contribution in [3.8, 4) is 11.5 Å². The van der Waals surface area contributed by atoms with E-state index in [-0.39, 0.29) is 11.5 Å². The zero-order valence-corrected chi connectivity index (χ0v) is 17.9. The van der Waals surface area contributed by atoms with Gasteiger partial charge in [0.15, 0.2) is 11.5 Å². The van der Waals surface area contributed by atoms with Gasteiger partial charge in [-0.2, -0.15) is 0 Å². The second-order valence-electron chi connectivity index (χ2n) is 6.10. The summed E-state index contributed by atoms with van der Waals surface area (Å²) in [4.78, 5) is 35.8. The minimum Gasteiger partial charge on any atom is -0.493 e. The van der Waals surface area contributed by atoms with Crippen molar-refractivity contribution < 1.29 is 29.0 Å². The number of methoxy groups -OCH3 is 1. The Balaban J connectivity index is 1.77. The maximum absolute atomic E-state index is 12.3. The molecular weight excluding hydrogens is 453 g/mol. The molecule has 1 fully saturated rings. The minimum absolute atomic E-state index is 0.130. The lowest BCUT2D eigenvalue weighted by molar-refractivity contribution is -0.140. The van der Waals surface area contributed by atoms with Crippen molar-refractivity contribution in [3.05, 3.63) is 62.5 Å². The number of carboxylic acids is 1. The van der Waals surface area contributed by atoms with Gasteiger partial charge in [-0.05, 0) is 47.7 Å². The van der Waals surface area contributed by atoms with Crippen molar-refractivity contribution in [2.24, 2.45) is 0 Å². The predicted octanol–water partition coefficient (Wildman–Crippen LogP) is 4.70. The van der Waals surface area contributed by atoms with E-state index in [0.717, 1.165) is 5.56 Å². The summed E-state index contributed by atoms with van der Waals surface area (Å²) in [5.41, 5.74) is 1.34. The number of carboxylic acid groups (broad SMARTS) is 1. The SMILES string of the molecule is COc1cc(/C=C2\SC(=O)N(CC(=O)O)C2=O)ccc1OCc1ccc(Cl)cc1Cl. The van der Waals surface area contributed by atoms with Gasteiger partial charge >= 0.3 is 5.97 Å². The van der Waals surface area contributed by atoms with Gasteiger partial charge in [0, 0.05) is 15.6 Å². The van der Waals surface area contributed by atoms with Crippen LogP contribution in [0.5, 0.6) is 11.5 Å². The van der Waals surface area contributed by atoms with Crippen LogP contribution < -0.4 is 9.47 Å². The lowest BCUT2D eigenvalue weighted by atomic mass is 10.1. The molecule has 2 aromatic rings. The molecule has 10 heteroatoms. The first-order valence-corrected chi connectivity index (χ1v) is 10.1. The number of halogens is 2. The van der Waals surface area contributed by atoms with E-state index in [2.05, 4.69) is 0 Å². The first kappa shape index (κ1) is 22.0. The number of carbonyl (C=O) groups is 3. The zero-order chi connectivity index (χ0) is 21.8. The van der Waals surface area contributed by atoms with E-state index in [1.807, 2.05) is 0 Å². The minimum atomic E-state index is -1.26. The fourth-order valence-corrected chi connectivity index (χ4v) is 3.91. The Morgan fingerprint density at radius 2 is 1.93 bits per heavy atom. The van der Waals surface area contributed by atoms with Crippen molar-refractivity contribution in [3.63, 3.8) is 0 Å². The van der Waals surface area contributed by atoms with E-state index in [0.29, 0.717) is 43.8 Å². The highest BCUT2D eigenvalue weighted by atomic mass is 35.5. The van der Waals surface area contributed by atoms with E-state index in [1.165, 1.54) is 13.2 Å². The summed E-state index contributed by atoms with van der Waals surface area (Å²) in [6, 6.07) is 10.1. The molecule has 156 valence electrons. The first-order valence-electron chi connectivity index (χ1n) is 8.50. The molecule has 3 rings (SSSR count). The van der Waals surface area contributed by atoms with Crippen molar-refractivity contribution in [1.82, 2.24) is 4.90 Å². The molecule has 2 aromatic carbocycles. The van der Waals surface area contributed by atoms with Gasteiger partial charge < -0.3 is 14.6 Å². The fraction of sp³-hybridized carbons (Fsp3) is 0.150. The third kappa shape index (κ3) is 5.08. The fourth-order valence-electron chi connectivity index (χ4n) is 2.61. The molecule has 1 heterocycles. The number of imide groups is 1. The summed E-state index contributed by atoms with van der Waals surface area (Å²) in [5, 5.41) is 9.21. The zero-order valence-electron chi connectivity index (χ0n) is 15.6. The Morgan fingerprint density at radius 1 is 1.17 bits per heavy atom. The number of thioether (sulfide) groups is 1. The van der Waals surface area contributed by atoms with E-state index < -0.39 is 23.7 Å². The van der Waals surface area contributed by atoms with Crippen LogP contribution in [-0.4, -0.2) is 40.8 Å². The number of aliphatic carboxylic acids is 1. The number of nitrogens with zero attached hydrogens (tertiary/aromatic N) is 1. The maximum atomic E-state index is 12.3. The number of ether oxygens (including phenoxy) is 2. The van der Waals surface area contributed by atoms with E-state index in [4.69, 9.17) is 37.8 Å².